The number of carbonyl (C=O) groups is 2. The van der Waals surface area contributed by atoms with Crippen LogP contribution in [0.15, 0.2) is 0 Å². The molecule has 0 spiro atoms. The van der Waals surface area contributed by atoms with Crippen molar-refractivity contribution in [3.63, 3.8) is 0 Å². The molecule has 1 aliphatic heterocycles. The Morgan fingerprint density at radius 3 is 2.40 bits per heavy atom. The highest BCUT2D eigenvalue weighted by Crippen LogP contribution is 2.40. The summed E-state index contributed by atoms with van der Waals surface area (Å²) in [6.07, 6.45) is 3.57. The first-order chi connectivity index (χ1) is 7.09. The molecule has 0 unspecified atom stereocenters. The minimum atomic E-state index is -0.705. The zero-order chi connectivity index (χ0) is 11.0. The summed E-state index contributed by atoms with van der Waals surface area (Å²) in [5.41, 5.74) is 0. The van der Waals surface area contributed by atoms with Gasteiger partial charge in [0.1, 0.15) is 0 Å². The highest BCUT2D eigenvalue weighted by molar-refractivity contribution is 5.75. The molecule has 1 saturated heterocycles. The Hall–Kier alpha value is -1.06. The number of carbonyl (C=O) groups excluding carboxylic acids is 1. The standard InChI is InChI=1S/C11H17NO3/c1-7(13)12-5-4-9(11(14)15)6-10(12)8-2-3-8/h8-10H,2-6H2,1H3,(H,14,15)/t9-,10-/m0/s1. The lowest BCUT2D eigenvalue weighted by atomic mass is 9.88. The number of carboxylic acids is 1. The second-order valence-electron chi connectivity index (χ2n) is 4.68. The fraction of sp³-hybridized carbons (Fsp3) is 0.818. The third kappa shape index (κ3) is 2.13. The van der Waals surface area contributed by atoms with Crippen molar-refractivity contribution in [2.45, 2.75) is 38.6 Å². The summed E-state index contributed by atoms with van der Waals surface area (Å²) in [5, 5.41) is 8.98. The van der Waals surface area contributed by atoms with Gasteiger partial charge >= 0.3 is 5.97 Å². The van der Waals surface area contributed by atoms with E-state index in [0.29, 0.717) is 25.3 Å². The van der Waals surface area contributed by atoms with Crippen molar-refractivity contribution in [2.75, 3.05) is 6.54 Å². The SMILES string of the molecule is CC(=O)N1CC[C@H](C(=O)O)C[C@H]1C1CC1. The fourth-order valence-electron chi connectivity index (χ4n) is 2.54. The van der Waals surface area contributed by atoms with Crippen LogP contribution in [-0.4, -0.2) is 34.5 Å². The predicted molar refractivity (Wildman–Crippen MR) is 54.3 cm³/mol. The minimum absolute atomic E-state index is 0.0933. The van der Waals surface area contributed by atoms with Crippen molar-refractivity contribution in [3.05, 3.63) is 0 Å². The lowest BCUT2D eigenvalue weighted by molar-refractivity contribution is -0.147. The molecular formula is C11H17NO3. The highest BCUT2D eigenvalue weighted by Gasteiger charge is 2.41. The average Bonchev–Trinajstić information content (AvgIpc) is 2.99. The van der Waals surface area contributed by atoms with Crippen LogP contribution < -0.4 is 0 Å². The highest BCUT2D eigenvalue weighted by atomic mass is 16.4. The molecule has 4 nitrogen and oxygen atoms in total. The molecule has 2 fully saturated rings. The van der Waals surface area contributed by atoms with E-state index < -0.39 is 5.97 Å². The number of amides is 1. The molecule has 0 aromatic carbocycles. The lowest BCUT2D eigenvalue weighted by Gasteiger charge is -2.38. The topological polar surface area (TPSA) is 57.6 Å². The fourth-order valence-corrected chi connectivity index (χ4v) is 2.54. The molecule has 0 aromatic heterocycles. The molecule has 84 valence electrons. The largest absolute Gasteiger partial charge is 0.481 e. The number of rotatable bonds is 2. The second kappa shape index (κ2) is 3.83. The number of nitrogens with zero attached hydrogens (tertiary/aromatic N) is 1. The van der Waals surface area contributed by atoms with Gasteiger partial charge in [-0.2, -0.15) is 0 Å². The number of piperidine rings is 1. The Kier molecular flexibility index (Phi) is 2.67. The van der Waals surface area contributed by atoms with Crippen molar-refractivity contribution < 1.29 is 14.7 Å². The normalized spacial score (nSPS) is 31.4. The van der Waals surface area contributed by atoms with Crippen LogP contribution in [0.5, 0.6) is 0 Å². The van der Waals surface area contributed by atoms with Crippen molar-refractivity contribution in [2.24, 2.45) is 11.8 Å². The Morgan fingerprint density at radius 1 is 1.27 bits per heavy atom. The van der Waals surface area contributed by atoms with Gasteiger partial charge in [-0.15, -0.1) is 0 Å². The van der Waals surface area contributed by atoms with Crippen molar-refractivity contribution in [3.8, 4) is 0 Å². The van der Waals surface area contributed by atoms with E-state index in [1.54, 1.807) is 6.92 Å². The lowest BCUT2D eigenvalue weighted by Crippen LogP contribution is -2.47. The summed E-state index contributed by atoms with van der Waals surface area (Å²) in [4.78, 5) is 24.2. The number of carboxylic acid groups (broad SMARTS) is 1. The first-order valence-corrected chi connectivity index (χ1v) is 5.59. The van der Waals surface area contributed by atoms with Crippen LogP contribution in [0.3, 0.4) is 0 Å². The molecule has 0 bridgehead atoms. The third-order valence-corrected chi connectivity index (χ3v) is 3.56. The van der Waals surface area contributed by atoms with Crippen LogP contribution in [0.25, 0.3) is 0 Å². The van der Waals surface area contributed by atoms with Gasteiger partial charge in [0.2, 0.25) is 5.91 Å². The second-order valence-corrected chi connectivity index (χ2v) is 4.68. The van der Waals surface area contributed by atoms with E-state index in [1.165, 1.54) is 0 Å². The molecule has 1 heterocycles. The van der Waals surface area contributed by atoms with Gasteiger partial charge in [-0.3, -0.25) is 9.59 Å². The van der Waals surface area contributed by atoms with Gasteiger partial charge in [-0.1, -0.05) is 0 Å². The Labute approximate surface area is 89.3 Å². The van der Waals surface area contributed by atoms with Gasteiger partial charge in [0.05, 0.1) is 5.92 Å². The van der Waals surface area contributed by atoms with Gasteiger partial charge < -0.3 is 10.0 Å². The maximum Gasteiger partial charge on any atom is 0.306 e. The van der Waals surface area contributed by atoms with Crippen LogP contribution in [0.4, 0.5) is 0 Å². The molecule has 15 heavy (non-hydrogen) atoms. The van der Waals surface area contributed by atoms with E-state index in [2.05, 4.69) is 0 Å². The summed E-state index contributed by atoms with van der Waals surface area (Å²) in [6, 6.07) is 0.192. The van der Waals surface area contributed by atoms with E-state index in [-0.39, 0.29) is 17.9 Å². The zero-order valence-electron chi connectivity index (χ0n) is 8.98. The molecule has 1 saturated carbocycles. The van der Waals surface area contributed by atoms with Crippen LogP contribution in [-0.2, 0) is 9.59 Å². The minimum Gasteiger partial charge on any atom is -0.481 e. The molecule has 0 radical (unpaired) electrons. The van der Waals surface area contributed by atoms with Crippen LogP contribution >= 0.6 is 0 Å². The van der Waals surface area contributed by atoms with Crippen molar-refractivity contribution >= 4 is 11.9 Å². The molecule has 1 aliphatic carbocycles. The molecule has 2 atom stereocenters. The monoisotopic (exact) mass is 211 g/mol. The Balaban J connectivity index is 2.05. The van der Waals surface area contributed by atoms with E-state index in [4.69, 9.17) is 5.11 Å². The Morgan fingerprint density at radius 2 is 1.93 bits per heavy atom. The summed E-state index contributed by atoms with van der Waals surface area (Å²) in [6.45, 7) is 2.20. The number of hydrogen-bond donors (Lipinski definition) is 1. The van der Waals surface area contributed by atoms with Crippen LogP contribution in [0.2, 0.25) is 0 Å². The van der Waals surface area contributed by atoms with Gasteiger partial charge in [0.25, 0.3) is 0 Å². The van der Waals surface area contributed by atoms with E-state index >= 15 is 0 Å². The average molecular weight is 211 g/mol. The molecule has 4 heteroatoms. The third-order valence-electron chi connectivity index (χ3n) is 3.56. The summed E-state index contributed by atoms with van der Waals surface area (Å²) in [5.74, 6) is -0.290. The zero-order valence-corrected chi connectivity index (χ0v) is 8.98. The molecule has 1 N–H and O–H groups in total. The number of likely N-dealkylation sites (tertiary alicyclic amines) is 1. The van der Waals surface area contributed by atoms with Gasteiger partial charge in [-0.25, -0.2) is 0 Å². The smallest absolute Gasteiger partial charge is 0.306 e. The maximum absolute atomic E-state index is 11.4. The summed E-state index contributed by atoms with van der Waals surface area (Å²) in [7, 11) is 0. The molecule has 0 aromatic rings. The van der Waals surface area contributed by atoms with Crippen molar-refractivity contribution in [1.29, 1.82) is 0 Å². The quantitative estimate of drug-likeness (QED) is 0.744. The maximum atomic E-state index is 11.4. The molecule has 2 rings (SSSR count). The van der Waals surface area contributed by atoms with E-state index in [1.807, 2.05) is 4.90 Å². The number of hydrogen-bond acceptors (Lipinski definition) is 2. The Bertz CT molecular complexity index is 286. The molecular weight excluding hydrogens is 194 g/mol. The number of aliphatic carboxylic acids is 1. The molecule has 1 amide bonds. The summed E-state index contributed by atoms with van der Waals surface area (Å²) < 4.78 is 0. The van der Waals surface area contributed by atoms with E-state index in [9.17, 15) is 9.59 Å². The van der Waals surface area contributed by atoms with Gasteiger partial charge in [0, 0.05) is 19.5 Å². The summed E-state index contributed by atoms with van der Waals surface area (Å²) >= 11 is 0. The first-order valence-electron chi connectivity index (χ1n) is 5.59. The van der Waals surface area contributed by atoms with Crippen molar-refractivity contribution in [1.82, 2.24) is 4.90 Å². The van der Waals surface area contributed by atoms with Gasteiger partial charge in [0.15, 0.2) is 0 Å². The first kappa shape index (κ1) is 10.5. The predicted octanol–water partition coefficient (Wildman–Crippen LogP) is 1.11. The molecule has 2 aliphatic rings. The van der Waals surface area contributed by atoms with E-state index in [0.717, 1.165) is 12.8 Å². The van der Waals surface area contributed by atoms with Gasteiger partial charge in [-0.05, 0) is 31.6 Å². The van der Waals surface area contributed by atoms with Crippen LogP contribution in [0, 0.1) is 11.8 Å². The van der Waals surface area contributed by atoms with Crippen LogP contribution in [0.1, 0.15) is 32.6 Å².